The van der Waals surface area contributed by atoms with Gasteiger partial charge in [-0.25, -0.2) is 0 Å². The van der Waals surface area contributed by atoms with Crippen LogP contribution in [0.3, 0.4) is 0 Å². The summed E-state index contributed by atoms with van der Waals surface area (Å²) in [5.74, 6) is 0.670. The molecule has 6 heteroatoms. The van der Waals surface area contributed by atoms with Crippen molar-refractivity contribution < 1.29 is 4.39 Å². The van der Waals surface area contributed by atoms with Crippen molar-refractivity contribution >= 4 is 23.7 Å². The molecular formula is C15H21ClFN3S. The first-order valence-corrected chi connectivity index (χ1v) is 8.09. The van der Waals surface area contributed by atoms with Crippen molar-refractivity contribution in [2.45, 2.75) is 51.7 Å². The predicted octanol–water partition coefficient (Wildman–Crippen LogP) is 4.08. The van der Waals surface area contributed by atoms with Crippen LogP contribution in [-0.2, 0) is 19.6 Å². The molecule has 1 fully saturated rings. The Hall–Kier alpha value is -0.910. The smallest absolute Gasteiger partial charge is 0.176 e. The third-order valence-electron chi connectivity index (χ3n) is 3.53. The lowest BCUT2D eigenvalue weighted by Gasteiger charge is -2.02. The second-order valence-electron chi connectivity index (χ2n) is 5.39. The van der Waals surface area contributed by atoms with E-state index < -0.39 is 0 Å². The molecule has 0 aliphatic heterocycles. The van der Waals surface area contributed by atoms with Gasteiger partial charge in [-0.3, -0.25) is 4.68 Å². The van der Waals surface area contributed by atoms with Gasteiger partial charge < -0.3 is 5.32 Å². The zero-order valence-electron chi connectivity index (χ0n) is 12.1. The lowest BCUT2D eigenvalue weighted by atomic mass is 10.2. The molecule has 1 N–H and O–H groups in total. The third kappa shape index (κ3) is 4.28. The van der Waals surface area contributed by atoms with Gasteiger partial charge in [0.25, 0.3) is 0 Å². The fraction of sp³-hybridized carbons (Fsp3) is 0.533. The molecule has 0 unspecified atom stereocenters. The molecule has 2 aromatic rings. The summed E-state index contributed by atoms with van der Waals surface area (Å²) in [5, 5.41) is 8.00. The Bertz CT molecular complexity index is 577. The van der Waals surface area contributed by atoms with Gasteiger partial charge in [-0.05, 0) is 31.4 Å². The number of halogens is 2. The Balaban J connectivity index is 0.00000161. The minimum atomic E-state index is -0.115. The average molecular weight is 330 g/mol. The summed E-state index contributed by atoms with van der Waals surface area (Å²) in [7, 11) is 0. The van der Waals surface area contributed by atoms with E-state index in [0.717, 1.165) is 30.9 Å². The van der Waals surface area contributed by atoms with Gasteiger partial charge in [0.15, 0.2) is 5.13 Å². The van der Waals surface area contributed by atoms with Crippen LogP contribution in [0, 0.1) is 5.13 Å². The van der Waals surface area contributed by atoms with Crippen LogP contribution in [-0.4, -0.2) is 9.78 Å². The average Bonchev–Trinajstić information content (AvgIpc) is 3.07. The highest BCUT2D eigenvalue weighted by atomic mass is 35.5. The lowest BCUT2D eigenvalue weighted by Crippen LogP contribution is -2.12. The van der Waals surface area contributed by atoms with Crippen molar-refractivity contribution in [2.75, 3.05) is 0 Å². The molecular weight excluding hydrogens is 309 g/mol. The Morgan fingerprint density at radius 1 is 1.38 bits per heavy atom. The van der Waals surface area contributed by atoms with Crippen LogP contribution >= 0.6 is 23.7 Å². The fourth-order valence-corrected chi connectivity index (χ4v) is 3.12. The van der Waals surface area contributed by atoms with Crippen LogP contribution in [0.25, 0.3) is 0 Å². The van der Waals surface area contributed by atoms with Crippen LogP contribution in [0.1, 0.15) is 48.2 Å². The molecule has 1 saturated carbocycles. The molecule has 0 radical (unpaired) electrons. The van der Waals surface area contributed by atoms with Gasteiger partial charge >= 0.3 is 0 Å². The van der Waals surface area contributed by atoms with E-state index in [1.807, 2.05) is 6.07 Å². The molecule has 3 rings (SSSR count). The summed E-state index contributed by atoms with van der Waals surface area (Å²) in [6.45, 7) is 4.68. The molecule has 2 heterocycles. The molecule has 116 valence electrons. The second-order valence-corrected chi connectivity index (χ2v) is 6.50. The minimum absolute atomic E-state index is 0. The molecule has 0 atom stereocenters. The van der Waals surface area contributed by atoms with Crippen LogP contribution < -0.4 is 5.32 Å². The molecule has 3 nitrogen and oxygen atoms in total. The summed E-state index contributed by atoms with van der Waals surface area (Å²) in [6.07, 6.45) is 5.81. The number of nitrogens with zero attached hydrogens (tertiary/aromatic N) is 2. The Kier molecular flexibility index (Phi) is 5.79. The maximum Gasteiger partial charge on any atom is 0.176 e. The first-order valence-electron chi connectivity index (χ1n) is 7.27. The van der Waals surface area contributed by atoms with E-state index in [0.29, 0.717) is 5.92 Å². The van der Waals surface area contributed by atoms with Gasteiger partial charge in [-0.1, -0.05) is 6.92 Å². The summed E-state index contributed by atoms with van der Waals surface area (Å²) >= 11 is 1.21. The molecule has 1 aliphatic carbocycles. The van der Waals surface area contributed by atoms with E-state index in [1.54, 1.807) is 0 Å². The fourth-order valence-electron chi connectivity index (χ4n) is 2.43. The minimum Gasteiger partial charge on any atom is -0.308 e. The monoisotopic (exact) mass is 329 g/mol. The van der Waals surface area contributed by atoms with Gasteiger partial charge in [-0.2, -0.15) is 9.49 Å². The van der Waals surface area contributed by atoms with E-state index in [4.69, 9.17) is 5.10 Å². The molecule has 1 aliphatic rings. The van der Waals surface area contributed by atoms with Gasteiger partial charge in [0.2, 0.25) is 0 Å². The molecule has 0 bridgehead atoms. The van der Waals surface area contributed by atoms with Gasteiger partial charge in [-0.15, -0.1) is 23.7 Å². The van der Waals surface area contributed by atoms with Crippen molar-refractivity contribution in [3.05, 3.63) is 39.6 Å². The molecule has 0 spiro atoms. The Labute approximate surface area is 135 Å². The summed E-state index contributed by atoms with van der Waals surface area (Å²) in [5.41, 5.74) is 2.57. The first-order chi connectivity index (χ1) is 9.76. The van der Waals surface area contributed by atoms with E-state index in [9.17, 15) is 4.39 Å². The van der Waals surface area contributed by atoms with Gasteiger partial charge in [0.05, 0.1) is 5.69 Å². The predicted molar refractivity (Wildman–Crippen MR) is 86.6 cm³/mol. The zero-order valence-corrected chi connectivity index (χ0v) is 13.8. The van der Waals surface area contributed by atoms with Crippen molar-refractivity contribution in [3.8, 4) is 0 Å². The van der Waals surface area contributed by atoms with E-state index in [2.05, 4.69) is 23.1 Å². The summed E-state index contributed by atoms with van der Waals surface area (Å²) < 4.78 is 15.0. The SMILES string of the molecule is CCCn1cc(CNCc2ccc(F)s2)c(C2CC2)n1.Cl. The molecule has 21 heavy (non-hydrogen) atoms. The highest BCUT2D eigenvalue weighted by molar-refractivity contribution is 7.10. The lowest BCUT2D eigenvalue weighted by molar-refractivity contribution is 0.594. The topological polar surface area (TPSA) is 29.9 Å². The Morgan fingerprint density at radius 3 is 2.81 bits per heavy atom. The van der Waals surface area contributed by atoms with Crippen LogP contribution in [0.5, 0.6) is 0 Å². The van der Waals surface area contributed by atoms with Crippen molar-refractivity contribution in [2.24, 2.45) is 0 Å². The quantitative estimate of drug-likeness (QED) is 0.829. The Morgan fingerprint density at radius 2 is 2.19 bits per heavy atom. The number of hydrogen-bond donors (Lipinski definition) is 1. The van der Waals surface area contributed by atoms with Crippen molar-refractivity contribution in [1.82, 2.24) is 15.1 Å². The normalized spacial score (nSPS) is 14.2. The highest BCUT2D eigenvalue weighted by Gasteiger charge is 2.28. The first kappa shape index (κ1) is 16.5. The number of thiophene rings is 1. The van der Waals surface area contributed by atoms with Crippen LogP contribution in [0.2, 0.25) is 0 Å². The van der Waals surface area contributed by atoms with Crippen molar-refractivity contribution in [3.63, 3.8) is 0 Å². The highest BCUT2D eigenvalue weighted by Crippen LogP contribution is 2.40. The number of aryl methyl sites for hydroxylation is 1. The van der Waals surface area contributed by atoms with Gasteiger partial charge in [0, 0.05) is 42.2 Å². The number of aromatic nitrogens is 2. The third-order valence-corrected chi connectivity index (χ3v) is 4.40. The summed E-state index contributed by atoms with van der Waals surface area (Å²) in [6, 6.07) is 3.37. The van der Waals surface area contributed by atoms with Crippen molar-refractivity contribution in [1.29, 1.82) is 0 Å². The number of rotatable bonds is 7. The molecule has 2 aromatic heterocycles. The van der Waals surface area contributed by atoms with Gasteiger partial charge in [0.1, 0.15) is 0 Å². The second kappa shape index (κ2) is 7.38. The molecule has 0 aromatic carbocycles. The number of nitrogens with one attached hydrogen (secondary N) is 1. The van der Waals surface area contributed by atoms with Crippen LogP contribution in [0.4, 0.5) is 4.39 Å². The van der Waals surface area contributed by atoms with E-state index in [1.165, 1.54) is 41.5 Å². The van der Waals surface area contributed by atoms with E-state index in [-0.39, 0.29) is 17.5 Å². The standard InChI is InChI=1S/C15H20FN3S.ClH/c1-2-7-19-10-12(15(18-19)11-3-4-11)8-17-9-13-5-6-14(16)20-13;/h5-6,10-11,17H,2-4,7-9H2,1H3;1H. The maximum absolute atomic E-state index is 12.9. The number of hydrogen-bond acceptors (Lipinski definition) is 3. The largest absolute Gasteiger partial charge is 0.308 e. The maximum atomic E-state index is 12.9. The van der Waals surface area contributed by atoms with Crippen LogP contribution in [0.15, 0.2) is 18.3 Å². The molecule has 0 amide bonds. The molecule has 0 saturated heterocycles. The zero-order chi connectivity index (χ0) is 13.9. The van der Waals surface area contributed by atoms with E-state index >= 15 is 0 Å². The summed E-state index contributed by atoms with van der Waals surface area (Å²) in [4.78, 5) is 1.04.